The molecule has 8 heteroatoms. The number of anilines is 1. The normalized spacial score (nSPS) is 11.1. The lowest BCUT2D eigenvalue weighted by atomic mass is 10.2. The first-order valence-electron chi connectivity index (χ1n) is 8.37. The molecule has 0 bridgehead atoms. The lowest BCUT2D eigenvalue weighted by Gasteiger charge is -2.03. The van der Waals surface area contributed by atoms with Crippen LogP contribution in [0, 0.1) is 10.1 Å². The number of hydrogen-bond donors (Lipinski definition) is 2. The van der Waals surface area contributed by atoms with E-state index in [2.05, 4.69) is 15.3 Å². The first-order valence-corrected chi connectivity index (χ1v) is 9.18. The summed E-state index contributed by atoms with van der Waals surface area (Å²) in [6, 6.07) is 18.2. The zero-order valence-electron chi connectivity index (χ0n) is 14.5. The maximum atomic E-state index is 12.1. The molecule has 4 aromatic rings. The van der Waals surface area contributed by atoms with Gasteiger partial charge in [0, 0.05) is 28.3 Å². The molecule has 2 N–H and O–H groups in total. The third kappa shape index (κ3) is 3.81. The minimum absolute atomic E-state index is 0.0428. The second kappa shape index (κ2) is 7.45. The number of amides is 1. The lowest BCUT2D eigenvalue weighted by Crippen LogP contribution is -2.07. The molecule has 0 saturated heterocycles. The van der Waals surface area contributed by atoms with Gasteiger partial charge in [-0.05, 0) is 48.5 Å². The van der Waals surface area contributed by atoms with Crippen molar-refractivity contribution in [2.45, 2.75) is 0 Å². The highest BCUT2D eigenvalue weighted by Gasteiger charge is 2.08. The minimum Gasteiger partial charge on any atom is -0.338 e. The largest absolute Gasteiger partial charge is 0.338 e. The van der Waals surface area contributed by atoms with E-state index in [0.29, 0.717) is 10.6 Å². The van der Waals surface area contributed by atoms with Gasteiger partial charge in [-0.1, -0.05) is 23.5 Å². The number of imidazole rings is 1. The number of nitrogens with zero attached hydrogens (tertiary/aromatic N) is 2. The Balaban J connectivity index is 1.42. The number of para-hydroxylation sites is 2. The molecule has 0 aliphatic carbocycles. The second-order valence-electron chi connectivity index (χ2n) is 5.94. The quantitative estimate of drug-likeness (QED) is 0.289. The van der Waals surface area contributed by atoms with Crippen molar-refractivity contribution >= 4 is 45.0 Å². The van der Waals surface area contributed by atoms with Crippen molar-refractivity contribution in [3.8, 4) is 11.4 Å². The van der Waals surface area contributed by atoms with E-state index in [-0.39, 0.29) is 10.9 Å². The molecule has 0 radical (unpaired) electrons. The van der Waals surface area contributed by atoms with Gasteiger partial charge in [0.25, 0.3) is 0 Å². The summed E-state index contributed by atoms with van der Waals surface area (Å²) < 4.78 is 0. The molecule has 2 aromatic carbocycles. The summed E-state index contributed by atoms with van der Waals surface area (Å²) in [6.45, 7) is 0. The summed E-state index contributed by atoms with van der Waals surface area (Å²) in [5, 5.41) is 13.5. The lowest BCUT2D eigenvalue weighted by molar-refractivity contribution is -0.380. The number of carbonyl (C=O) groups is 1. The Morgan fingerprint density at radius 3 is 2.61 bits per heavy atom. The molecular formula is C20H14N4O3S. The predicted molar refractivity (Wildman–Crippen MR) is 110 cm³/mol. The molecule has 7 nitrogen and oxygen atoms in total. The van der Waals surface area contributed by atoms with E-state index < -0.39 is 4.92 Å². The van der Waals surface area contributed by atoms with E-state index in [9.17, 15) is 14.9 Å². The number of fused-ring (bicyclic) bond motifs is 1. The SMILES string of the molecule is O=C(C=Cc1ccc([N+](=O)[O-])s1)Nc1ccc(-c2nc3ccccc3[nH]2)cc1. The number of nitrogens with one attached hydrogen (secondary N) is 2. The zero-order valence-corrected chi connectivity index (χ0v) is 15.3. The van der Waals surface area contributed by atoms with Crippen molar-refractivity contribution in [1.29, 1.82) is 0 Å². The molecule has 0 atom stereocenters. The van der Waals surface area contributed by atoms with Gasteiger partial charge in [-0.3, -0.25) is 14.9 Å². The van der Waals surface area contributed by atoms with Crippen LogP contribution in [0.5, 0.6) is 0 Å². The van der Waals surface area contributed by atoms with Crippen LogP contribution in [0.15, 0.2) is 66.7 Å². The Kier molecular flexibility index (Phi) is 4.69. The highest BCUT2D eigenvalue weighted by Crippen LogP contribution is 2.25. The van der Waals surface area contributed by atoms with Crippen molar-refractivity contribution in [3.05, 3.63) is 81.7 Å². The third-order valence-electron chi connectivity index (χ3n) is 4.01. The number of nitro groups is 1. The zero-order chi connectivity index (χ0) is 19.5. The van der Waals surface area contributed by atoms with Gasteiger partial charge in [0.1, 0.15) is 5.82 Å². The van der Waals surface area contributed by atoms with E-state index >= 15 is 0 Å². The van der Waals surface area contributed by atoms with Crippen LogP contribution in [0.25, 0.3) is 28.5 Å². The fourth-order valence-electron chi connectivity index (χ4n) is 2.67. The fourth-order valence-corrected chi connectivity index (χ4v) is 3.40. The smallest absolute Gasteiger partial charge is 0.324 e. The van der Waals surface area contributed by atoms with Gasteiger partial charge in [0.15, 0.2) is 0 Å². The molecule has 4 rings (SSSR count). The van der Waals surface area contributed by atoms with Crippen molar-refractivity contribution < 1.29 is 9.72 Å². The van der Waals surface area contributed by atoms with Crippen molar-refractivity contribution in [1.82, 2.24) is 9.97 Å². The molecule has 0 unspecified atom stereocenters. The second-order valence-corrected chi connectivity index (χ2v) is 7.03. The molecule has 0 saturated carbocycles. The Hall–Kier alpha value is -3.78. The molecule has 0 aliphatic rings. The number of rotatable bonds is 5. The maximum absolute atomic E-state index is 12.1. The number of thiophene rings is 1. The molecule has 2 aromatic heterocycles. The van der Waals surface area contributed by atoms with Crippen LogP contribution in [-0.2, 0) is 4.79 Å². The Bertz CT molecular complexity index is 1160. The topological polar surface area (TPSA) is 101 Å². The summed E-state index contributed by atoms with van der Waals surface area (Å²) in [6.07, 6.45) is 2.90. The number of aromatic amines is 1. The molecule has 0 fully saturated rings. The van der Waals surface area contributed by atoms with Gasteiger partial charge in [-0.2, -0.15) is 0 Å². The monoisotopic (exact) mass is 390 g/mol. The molecule has 2 heterocycles. The number of benzene rings is 2. The van der Waals surface area contributed by atoms with Crippen LogP contribution in [-0.4, -0.2) is 20.8 Å². The van der Waals surface area contributed by atoms with E-state index in [4.69, 9.17) is 0 Å². The van der Waals surface area contributed by atoms with Gasteiger partial charge in [0.05, 0.1) is 16.0 Å². The molecule has 1 amide bonds. The highest BCUT2D eigenvalue weighted by atomic mass is 32.1. The third-order valence-corrected chi connectivity index (χ3v) is 5.01. The van der Waals surface area contributed by atoms with Gasteiger partial charge in [-0.25, -0.2) is 4.98 Å². The summed E-state index contributed by atoms with van der Waals surface area (Å²) in [4.78, 5) is 30.7. The van der Waals surface area contributed by atoms with Gasteiger partial charge in [-0.15, -0.1) is 0 Å². The Labute approximate surface area is 163 Å². The van der Waals surface area contributed by atoms with Crippen LogP contribution >= 0.6 is 11.3 Å². The number of carbonyl (C=O) groups excluding carboxylic acids is 1. The van der Waals surface area contributed by atoms with Gasteiger partial charge < -0.3 is 10.3 Å². The molecule has 0 aliphatic heterocycles. The standard InChI is InChI=1S/C20H14N4O3S/c25-18(11-9-15-10-12-19(28-15)24(26)27)21-14-7-5-13(6-8-14)20-22-16-3-1-2-4-17(16)23-20/h1-12H,(H,21,25)(H,22,23). The first-order chi connectivity index (χ1) is 13.6. The van der Waals surface area contributed by atoms with E-state index in [0.717, 1.165) is 33.8 Å². The fraction of sp³-hybridized carbons (Fsp3) is 0. The van der Waals surface area contributed by atoms with E-state index in [1.165, 1.54) is 12.1 Å². The number of aromatic nitrogens is 2. The minimum atomic E-state index is -0.453. The highest BCUT2D eigenvalue weighted by molar-refractivity contribution is 7.16. The summed E-state index contributed by atoms with van der Waals surface area (Å²) in [5.41, 5.74) is 3.42. The first kappa shape index (κ1) is 17.6. The molecular weight excluding hydrogens is 376 g/mol. The predicted octanol–water partition coefficient (Wildman–Crippen LogP) is 4.85. The average molecular weight is 390 g/mol. The Morgan fingerprint density at radius 2 is 1.89 bits per heavy atom. The van der Waals surface area contributed by atoms with Crippen LogP contribution in [0.4, 0.5) is 10.7 Å². The van der Waals surface area contributed by atoms with E-state index in [1.807, 2.05) is 36.4 Å². The van der Waals surface area contributed by atoms with Crippen LogP contribution in [0.3, 0.4) is 0 Å². The van der Waals surface area contributed by atoms with Crippen molar-refractivity contribution in [3.63, 3.8) is 0 Å². The van der Waals surface area contributed by atoms with Crippen molar-refractivity contribution in [2.75, 3.05) is 5.32 Å². The van der Waals surface area contributed by atoms with Gasteiger partial charge in [0.2, 0.25) is 5.91 Å². The van der Waals surface area contributed by atoms with Crippen LogP contribution < -0.4 is 5.32 Å². The average Bonchev–Trinajstić information content (AvgIpc) is 3.34. The van der Waals surface area contributed by atoms with Crippen LogP contribution in [0.2, 0.25) is 0 Å². The van der Waals surface area contributed by atoms with Crippen LogP contribution in [0.1, 0.15) is 4.88 Å². The maximum Gasteiger partial charge on any atom is 0.324 e. The molecule has 138 valence electrons. The van der Waals surface area contributed by atoms with Gasteiger partial charge >= 0.3 is 5.00 Å². The number of hydrogen-bond acceptors (Lipinski definition) is 5. The van der Waals surface area contributed by atoms with E-state index in [1.54, 1.807) is 24.3 Å². The summed E-state index contributed by atoms with van der Waals surface area (Å²) in [7, 11) is 0. The van der Waals surface area contributed by atoms with Crippen molar-refractivity contribution in [2.24, 2.45) is 0 Å². The summed E-state index contributed by atoms with van der Waals surface area (Å²) >= 11 is 1.01. The number of H-pyrrole nitrogens is 1. The Morgan fingerprint density at radius 1 is 1.11 bits per heavy atom. The molecule has 28 heavy (non-hydrogen) atoms. The summed E-state index contributed by atoms with van der Waals surface area (Å²) in [5.74, 6) is 0.450. The molecule has 0 spiro atoms.